The van der Waals surface area contributed by atoms with Crippen molar-refractivity contribution in [3.8, 4) is 0 Å². The number of rotatable bonds is 11. The Hall–Kier alpha value is -4.68. The fourth-order valence-electron chi connectivity index (χ4n) is 5.64. The van der Waals surface area contributed by atoms with Crippen LogP contribution in [0.3, 0.4) is 0 Å². The lowest BCUT2D eigenvalue weighted by molar-refractivity contribution is 0.350. The van der Waals surface area contributed by atoms with Crippen molar-refractivity contribution in [1.82, 2.24) is 36.0 Å². The van der Waals surface area contributed by atoms with Crippen molar-refractivity contribution in [1.29, 1.82) is 0 Å². The van der Waals surface area contributed by atoms with Crippen molar-refractivity contribution in [2.75, 3.05) is 27.2 Å². The lowest BCUT2D eigenvalue weighted by Gasteiger charge is -2.34. The number of thiophene rings is 3. The van der Waals surface area contributed by atoms with Crippen molar-refractivity contribution < 1.29 is 0 Å². The summed E-state index contributed by atoms with van der Waals surface area (Å²) < 4.78 is 0. The van der Waals surface area contributed by atoms with E-state index in [1.165, 1.54) is 33.4 Å². The van der Waals surface area contributed by atoms with Crippen molar-refractivity contribution >= 4 is 69.8 Å². The Labute approximate surface area is 311 Å². The number of guanidine groups is 6. The summed E-state index contributed by atoms with van der Waals surface area (Å²) in [5, 5.41) is 26.1. The summed E-state index contributed by atoms with van der Waals surface area (Å²) in [6, 6.07) is 0. The summed E-state index contributed by atoms with van der Waals surface area (Å²) >= 11 is 5.07. The number of nitrogens with one attached hydrogen (secondary N) is 4. The van der Waals surface area contributed by atoms with Crippen molar-refractivity contribution in [3.05, 3.63) is 65.7 Å². The Morgan fingerprint density at radius 3 is 1.86 bits per heavy atom. The average Bonchev–Trinajstić information content (AvgIpc) is 3.81. The summed E-state index contributed by atoms with van der Waals surface area (Å²) in [6.45, 7) is 11.3. The largest absolute Gasteiger partial charge is 0.370 e. The Morgan fingerprint density at radius 1 is 0.667 bits per heavy atom. The first-order chi connectivity index (χ1) is 24.5. The van der Waals surface area contributed by atoms with Gasteiger partial charge < -0.3 is 31.5 Å². The molecule has 0 aliphatic carbocycles. The number of hydrogen-bond acceptors (Lipinski definition) is 18. The molecule has 0 saturated carbocycles. The predicted octanol–water partition coefficient (Wildman–Crippen LogP) is 2.70. The SMILES string of the molecule is Cc1cscc1CNC1=NC(CCN(Cc2cscc2C)C2=NC(CN(Cc3cscc3C)C3=NC(C)N=C(N(C)C)N3)N=C(N)N2)N=C(N)N1. The molecule has 0 fully saturated rings. The predicted molar refractivity (Wildman–Crippen MR) is 213 cm³/mol. The van der Waals surface area contributed by atoms with Crippen LogP contribution in [0.1, 0.15) is 46.7 Å². The van der Waals surface area contributed by atoms with E-state index in [0.29, 0.717) is 63.0 Å². The molecule has 0 aromatic carbocycles. The molecule has 0 amide bonds. The number of nitrogens with zero attached hydrogens (tertiary/aromatic N) is 9. The van der Waals surface area contributed by atoms with Crippen LogP contribution in [0.15, 0.2) is 62.2 Å². The monoisotopic (exact) mass is 749 g/mol. The van der Waals surface area contributed by atoms with Crippen LogP contribution in [-0.4, -0.2) is 96.1 Å². The third-order valence-corrected chi connectivity index (χ3v) is 11.3. The Morgan fingerprint density at radius 2 is 1.24 bits per heavy atom. The van der Waals surface area contributed by atoms with Gasteiger partial charge in [-0.25, -0.2) is 30.0 Å². The molecule has 18 heteroatoms. The van der Waals surface area contributed by atoms with Crippen LogP contribution < -0.4 is 32.7 Å². The number of nitrogens with two attached hydrogens (primary N) is 2. The van der Waals surface area contributed by atoms with Gasteiger partial charge in [0, 0.05) is 46.7 Å². The van der Waals surface area contributed by atoms with Crippen molar-refractivity contribution in [3.63, 3.8) is 0 Å². The zero-order valence-electron chi connectivity index (χ0n) is 29.8. The second-order valence-corrected chi connectivity index (χ2v) is 15.1. The zero-order chi connectivity index (χ0) is 36.1. The van der Waals surface area contributed by atoms with E-state index in [-0.39, 0.29) is 12.3 Å². The first-order valence-corrected chi connectivity index (χ1v) is 19.6. The molecule has 272 valence electrons. The van der Waals surface area contributed by atoms with Gasteiger partial charge in [-0.2, -0.15) is 34.0 Å². The molecule has 0 spiro atoms. The average molecular weight is 750 g/mol. The van der Waals surface area contributed by atoms with Gasteiger partial charge in [0.25, 0.3) is 0 Å². The standard InChI is InChI=1S/C33H47N15S3/c1-19-13-49-16-23(19)9-36-30-41-26(39-28(34)43-30)7-8-47(10-24-17-50-14-20(24)2)33-42-27(40-29(35)44-33)12-48(11-25-18-51-15-21(25)3)32-38-22(4)37-31(45-32)46(5)6/h13-18,22,26-27H,7-12H2,1-6H3,(H,37,38,45)(H3,35,40,42,44)(H4,34,36,39,41,43). The van der Waals surface area contributed by atoms with Crippen molar-refractivity contribution in [2.45, 2.75) is 72.2 Å². The van der Waals surface area contributed by atoms with Gasteiger partial charge in [0.05, 0.1) is 6.54 Å². The van der Waals surface area contributed by atoms with E-state index in [1.54, 1.807) is 34.0 Å². The maximum Gasteiger partial charge on any atom is 0.203 e. The lowest BCUT2D eigenvalue weighted by atomic mass is 10.2. The minimum absolute atomic E-state index is 0.237. The lowest BCUT2D eigenvalue weighted by Crippen LogP contribution is -2.54. The number of aliphatic imine (C=N–C) groups is 6. The molecule has 6 rings (SSSR count). The molecule has 3 aliphatic rings. The Bertz CT molecular complexity index is 1860. The van der Waals surface area contributed by atoms with E-state index >= 15 is 0 Å². The fourth-order valence-corrected chi connectivity index (χ4v) is 8.19. The molecule has 3 aliphatic heterocycles. The Kier molecular flexibility index (Phi) is 11.4. The van der Waals surface area contributed by atoms with Crippen LogP contribution in [0.4, 0.5) is 0 Å². The summed E-state index contributed by atoms with van der Waals surface area (Å²) in [6.07, 6.45) is -0.497. The normalized spacial score (nSPS) is 20.0. The maximum absolute atomic E-state index is 6.48. The van der Waals surface area contributed by atoms with Crippen LogP contribution in [-0.2, 0) is 19.6 Å². The number of aryl methyl sites for hydroxylation is 3. The molecule has 51 heavy (non-hydrogen) atoms. The van der Waals surface area contributed by atoms with Gasteiger partial charge >= 0.3 is 0 Å². The summed E-state index contributed by atoms with van der Waals surface area (Å²) in [5.74, 6) is 3.37. The van der Waals surface area contributed by atoms with Gasteiger partial charge in [-0.3, -0.25) is 16.0 Å². The van der Waals surface area contributed by atoms with Crippen LogP contribution in [0.25, 0.3) is 0 Å². The third kappa shape index (κ3) is 9.36. The maximum atomic E-state index is 6.48. The molecule has 3 aromatic rings. The number of hydrogen-bond donors (Lipinski definition) is 6. The minimum atomic E-state index is -0.491. The molecule has 8 N–H and O–H groups in total. The summed E-state index contributed by atoms with van der Waals surface area (Å²) in [5.41, 5.74) is 20.1. The summed E-state index contributed by atoms with van der Waals surface area (Å²) in [4.78, 5) is 35.2. The van der Waals surface area contributed by atoms with Gasteiger partial charge in [-0.05, 0) is 93.4 Å². The van der Waals surface area contributed by atoms with Gasteiger partial charge in [-0.15, -0.1) is 0 Å². The minimum Gasteiger partial charge on any atom is -0.370 e. The molecule has 3 atom stereocenters. The Balaban J connectivity index is 1.22. The first-order valence-electron chi connectivity index (χ1n) is 16.8. The molecule has 3 aromatic heterocycles. The van der Waals surface area contributed by atoms with E-state index in [9.17, 15) is 0 Å². The highest BCUT2D eigenvalue weighted by molar-refractivity contribution is 7.08. The molecule has 0 bridgehead atoms. The van der Waals surface area contributed by atoms with Gasteiger partial charge in [0.15, 0.2) is 18.1 Å². The molecule has 15 nitrogen and oxygen atoms in total. The highest BCUT2D eigenvalue weighted by atomic mass is 32.1. The smallest absolute Gasteiger partial charge is 0.203 e. The summed E-state index contributed by atoms with van der Waals surface area (Å²) in [7, 11) is 3.93. The molecule has 0 radical (unpaired) electrons. The third-order valence-electron chi connectivity index (χ3n) is 8.57. The van der Waals surface area contributed by atoms with E-state index in [4.69, 9.17) is 31.4 Å². The highest BCUT2D eigenvalue weighted by Gasteiger charge is 2.28. The molecule has 0 saturated heterocycles. The molecule has 6 heterocycles. The van der Waals surface area contributed by atoms with E-state index < -0.39 is 6.17 Å². The van der Waals surface area contributed by atoms with Gasteiger partial charge in [0.1, 0.15) is 12.3 Å². The van der Waals surface area contributed by atoms with Gasteiger partial charge in [0.2, 0.25) is 23.8 Å². The topological polar surface area (TPSA) is 184 Å². The van der Waals surface area contributed by atoms with E-state index in [2.05, 4.69) is 94.1 Å². The quantitative estimate of drug-likeness (QED) is 0.172. The first kappa shape index (κ1) is 36.1. The van der Waals surface area contributed by atoms with Gasteiger partial charge in [-0.1, -0.05) is 0 Å². The molecule has 3 unspecified atom stereocenters. The molecular weight excluding hydrogens is 703 g/mol. The second-order valence-electron chi connectivity index (χ2n) is 12.9. The van der Waals surface area contributed by atoms with Crippen LogP contribution in [0.2, 0.25) is 0 Å². The van der Waals surface area contributed by atoms with E-state index in [1.807, 2.05) is 25.9 Å². The zero-order valence-corrected chi connectivity index (χ0v) is 32.3. The fraction of sp³-hybridized carbons (Fsp3) is 0.455. The van der Waals surface area contributed by atoms with E-state index in [0.717, 1.165) is 11.9 Å². The van der Waals surface area contributed by atoms with Crippen LogP contribution >= 0.6 is 34.0 Å². The molecular formula is C33H47N15S3. The van der Waals surface area contributed by atoms with Crippen LogP contribution in [0, 0.1) is 20.8 Å². The highest BCUT2D eigenvalue weighted by Crippen LogP contribution is 2.21. The second kappa shape index (κ2) is 16.1. The van der Waals surface area contributed by atoms with Crippen LogP contribution in [0.5, 0.6) is 0 Å². The van der Waals surface area contributed by atoms with Crippen molar-refractivity contribution in [2.24, 2.45) is 41.4 Å².